The Bertz CT molecular complexity index is 2350. The molecule has 0 unspecified atom stereocenters. The van der Waals surface area contributed by atoms with E-state index in [1.807, 2.05) is 24.3 Å². The van der Waals surface area contributed by atoms with Crippen molar-refractivity contribution in [3.05, 3.63) is 157 Å². The van der Waals surface area contributed by atoms with Crippen molar-refractivity contribution in [2.45, 2.75) is 0 Å². The fourth-order valence-corrected chi connectivity index (χ4v) is 6.41. The van der Waals surface area contributed by atoms with Crippen molar-refractivity contribution >= 4 is 43.1 Å². The third-order valence-corrected chi connectivity index (χ3v) is 8.45. The van der Waals surface area contributed by atoms with Crippen LogP contribution in [-0.2, 0) is 0 Å². The number of nitrogens with zero attached hydrogens (tertiary/aromatic N) is 1. The summed E-state index contributed by atoms with van der Waals surface area (Å²) in [5, 5.41) is 19.2. The van der Waals surface area contributed by atoms with Crippen LogP contribution in [0.1, 0.15) is 5.56 Å². The molecule has 194 valence electrons. The highest BCUT2D eigenvalue weighted by atomic mass is 14.2. The quantitative estimate of drug-likeness (QED) is 0.208. The van der Waals surface area contributed by atoms with Crippen LogP contribution in [0.4, 0.5) is 0 Å². The Morgan fingerprint density at radius 2 is 0.786 bits per heavy atom. The van der Waals surface area contributed by atoms with Crippen LogP contribution >= 0.6 is 0 Å². The molecule has 0 amide bonds. The summed E-state index contributed by atoms with van der Waals surface area (Å²) in [6, 6.07) is 56.5. The minimum absolute atomic E-state index is 0.668. The molecule has 1 nitrogen and oxygen atoms in total. The van der Waals surface area contributed by atoms with E-state index in [2.05, 4.69) is 133 Å². The van der Waals surface area contributed by atoms with Gasteiger partial charge in [0, 0.05) is 0 Å². The highest BCUT2D eigenvalue weighted by Crippen LogP contribution is 2.45. The predicted octanol–water partition coefficient (Wildman–Crippen LogP) is 11.2. The normalized spacial score (nSPS) is 11.3. The van der Waals surface area contributed by atoms with Crippen molar-refractivity contribution in [3.63, 3.8) is 0 Å². The minimum Gasteiger partial charge on any atom is -0.192 e. The van der Waals surface area contributed by atoms with Gasteiger partial charge in [0.15, 0.2) is 0 Å². The summed E-state index contributed by atoms with van der Waals surface area (Å²) in [6.45, 7) is 0. The summed E-state index contributed by atoms with van der Waals surface area (Å²) >= 11 is 0. The molecular formula is C41H25N. The summed E-state index contributed by atoms with van der Waals surface area (Å²) < 4.78 is 0. The molecule has 8 aromatic carbocycles. The molecule has 1 heteroatoms. The van der Waals surface area contributed by atoms with Gasteiger partial charge < -0.3 is 0 Å². The van der Waals surface area contributed by atoms with Gasteiger partial charge in [-0.3, -0.25) is 0 Å². The standard InChI is InChI=1S/C41H25N/c42-26-27-13-15-30(16-14-27)33-21-22-38-39(25-33)41(35-20-18-29-8-2-4-10-32(29)24-35)37-12-6-5-11-36(37)40(38)34-19-17-28-7-1-3-9-31(28)23-34/h1-25H. The van der Waals surface area contributed by atoms with Crippen LogP contribution in [0.25, 0.3) is 76.5 Å². The number of fused-ring (bicyclic) bond motifs is 4. The van der Waals surface area contributed by atoms with E-state index in [1.165, 1.54) is 65.3 Å². The Morgan fingerprint density at radius 3 is 1.36 bits per heavy atom. The first-order chi connectivity index (χ1) is 20.8. The molecule has 0 fully saturated rings. The molecule has 0 aliphatic carbocycles. The fourth-order valence-electron chi connectivity index (χ4n) is 6.41. The number of nitriles is 1. The van der Waals surface area contributed by atoms with Crippen molar-refractivity contribution in [2.24, 2.45) is 0 Å². The summed E-state index contributed by atoms with van der Waals surface area (Å²) in [5.41, 5.74) is 7.81. The third-order valence-electron chi connectivity index (χ3n) is 8.45. The van der Waals surface area contributed by atoms with Crippen molar-refractivity contribution in [2.75, 3.05) is 0 Å². The maximum absolute atomic E-state index is 9.33. The van der Waals surface area contributed by atoms with Gasteiger partial charge in [0.05, 0.1) is 11.6 Å². The molecule has 8 aromatic rings. The van der Waals surface area contributed by atoms with Crippen molar-refractivity contribution in [3.8, 4) is 39.4 Å². The predicted molar refractivity (Wildman–Crippen MR) is 177 cm³/mol. The van der Waals surface area contributed by atoms with Gasteiger partial charge in [-0.1, -0.05) is 121 Å². The Balaban J connectivity index is 1.49. The molecule has 8 rings (SSSR count). The molecule has 42 heavy (non-hydrogen) atoms. The first-order valence-electron chi connectivity index (χ1n) is 14.2. The average molecular weight is 532 g/mol. The van der Waals surface area contributed by atoms with Gasteiger partial charge in [-0.2, -0.15) is 5.26 Å². The molecule has 0 aliphatic heterocycles. The van der Waals surface area contributed by atoms with Gasteiger partial charge in [-0.15, -0.1) is 0 Å². The van der Waals surface area contributed by atoms with E-state index in [1.54, 1.807) is 0 Å². The second-order valence-electron chi connectivity index (χ2n) is 10.9. The second kappa shape index (κ2) is 9.73. The van der Waals surface area contributed by atoms with E-state index in [-0.39, 0.29) is 0 Å². The summed E-state index contributed by atoms with van der Waals surface area (Å²) in [5.74, 6) is 0. The summed E-state index contributed by atoms with van der Waals surface area (Å²) in [6.07, 6.45) is 0. The molecule has 0 saturated heterocycles. The van der Waals surface area contributed by atoms with Crippen molar-refractivity contribution < 1.29 is 0 Å². The SMILES string of the molecule is N#Cc1ccc(-c2ccc3c(-c4ccc5ccccc5c4)c4ccccc4c(-c4ccc5ccccc5c4)c3c2)cc1. The largest absolute Gasteiger partial charge is 0.192 e. The first-order valence-corrected chi connectivity index (χ1v) is 14.2. The van der Waals surface area contributed by atoms with Crippen LogP contribution in [0, 0.1) is 11.3 Å². The highest BCUT2D eigenvalue weighted by Gasteiger charge is 2.18. The van der Waals surface area contributed by atoms with Crippen LogP contribution in [0.5, 0.6) is 0 Å². The molecular weight excluding hydrogens is 506 g/mol. The molecule has 0 atom stereocenters. The fraction of sp³-hybridized carbons (Fsp3) is 0. The maximum atomic E-state index is 9.33. The Hall–Kier alpha value is -5.71. The van der Waals surface area contributed by atoms with E-state index < -0.39 is 0 Å². The van der Waals surface area contributed by atoms with Crippen LogP contribution in [0.2, 0.25) is 0 Å². The lowest BCUT2D eigenvalue weighted by Gasteiger charge is -2.19. The van der Waals surface area contributed by atoms with Gasteiger partial charge in [-0.05, 0) is 107 Å². The van der Waals surface area contributed by atoms with E-state index >= 15 is 0 Å². The molecule has 0 spiro atoms. The third kappa shape index (κ3) is 3.93. The van der Waals surface area contributed by atoms with Gasteiger partial charge in [0.1, 0.15) is 0 Å². The average Bonchev–Trinajstić information content (AvgIpc) is 3.06. The van der Waals surface area contributed by atoms with Crippen LogP contribution in [-0.4, -0.2) is 0 Å². The Labute approximate surface area is 244 Å². The smallest absolute Gasteiger partial charge is 0.0991 e. The Morgan fingerprint density at radius 1 is 0.333 bits per heavy atom. The molecule has 0 bridgehead atoms. The zero-order valence-electron chi connectivity index (χ0n) is 22.9. The molecule has 0 saturated carbocycles. The topological polar surface area (TPSA) is 23.8 Å². The lowest BCUT2D eigenvalue weighted by molar-refractivity contribution is 1.48. The van der Waals surface area contributed by atoms with Crippen molar-refractivity contribution in [1.29, 1.82) is 5.26 Å². The van der Waals surface area contributed by atoms with E-state index in [9.17, 15) is 5.26 Å². The van der Waals surface area contributed by atoms with Gasteiger partial charge in [0.2, 0.25) is 0 Å². The molecule has 0 aliphatic rings. The van der Waals surface area contributed by atoms with Crippen molar-refractivity contribution in [1.82, 2.24) is 0 Å². The number of benzene rings is 8. The maximum Gasteiger partial charge on any atom is 0.0991 e. The first kappa shape index (κ1) is 24.1. The Kier molecular flexibility index (Phi) is 5.59. The molecule has 0 aromatic heterocycles. The summed E-state index contributed by atoms with van der Waals surface area (Å²) in [4.78, 5) is 0. The molecule has 0 N–H and O–H groups in total. The van der Waals surface area contributed by atoms with Gasteiger partial charge in [0.25, 0.3) is 0 Å². The second-order valence-corrected chi connectivity index (χ2v) is 10.9. The zero-order valence-corrected chi connectivity index (χ0v) is 22.9. The molecule has 0 radical (unpaired) electrons. The number of hydrogen-bond donors (Lipinski definition) is 0. The zero-order chi connectivity index (χ0) is 28.0. The van der Waals surface area contributed by atoms with E-state index in [4.69, 9.17) is 0 Å². The lowest BCUT2D eigenvalue weighted by atomic mass is 9.84. The van der Waals surface area contributed by atoms with Gasteiger partial charge in [-0.25, -0.2) is 0 Å². The lowest BCUT2D eigenvalue weighted by Crippen LogP contribution is -1.92. The monoisotopic (exact) mass is 531 g/mol. The van der Waals surface area contributed by atoms with E-state index in [0.717, 1.165) is 11.1 Å². The highest BCUT2D eigenvalue weighted by molar-refractivity contribution is 6.22. The number of rotatable bonds is 3. The minimum atomic E-state index is 0.668. The van der Waals surface area contributed by atoms with Crippen LogP contribution in [0.3, 0.4) is 0 Å². The van der Waals surface area contributed by atoms with Crippen LogP contribution in [0.15, 0.2) is 152 Å². The van der Waals surface area contributed by atoms with Gasteiger partial charge >= 0.3 is 0 Å². The molecule has 0 heterocycles. The van der Waals surface area contributed by atoms with E-state index in [0.29, 0.717) is 5.56 Å². The summed E-state index contributed by atoms with van der Waals surface area (Å²) in [7, 11) is 0. The van der Waals surface area contributed by atoms with Crippen LogP contribution < -0.4 is 0 Å². The number of hydrogen-bond acceptors (Lipinski definition) is 1.